The Labute approximate surface area is 162 Å². The van der Waals surface area contributed by atoms with Gasteiger partial charge in [0.15, 0.2) is 0 Å². The second-order valence-corrected chi connectivity index (χ2v) is 8.06. The molecule has 0 aliphatic carbocycles. The average molecular weight is 394 g/mol. The molecule has 142 valence electrons. The molecular weight excluding hydrogens is 376 g/mol. The quantitative estimate of drug-likeness (QED) is 0.529. The Morgan fingerprint density at radius 1 is 0.964 bits per heavy atom. The number of benzene rings is 2. The second-order valence-electron chi connectivity index (χ2n) is 6.38. The maximum Gasteiger partial charge on any atom is 0.264 e. The van der Waals surface area contributed by atoms with Crippen molar-refractivity contribution in [2.75, 3.05) is 4.72 Å². The third-order valence-corrected chi connectivity index (χ3v) is 5.84. The molecule has 0 spiro atoms. The largest absolute Gasteiger partial charge is 0.415 e. The molecule has 8 heteroatoms. The summed E-state index contributed by atoms with van der Waals surface area (Å²) >= 11 is 0. The molecule has 0 saturated carbocycles. The maximum absolute atomic E-state index is 12.7. The minimum absolute atomic E-state index is 0.0860. The number of rotatable bonds is 5. The van der Waals surface area contributed by atoms with Crippen LogP contribution < -0.4 is 4.72 Å². The van der Waals surface area contributed by atoms with Gasteiger partial charge in [-0.15, -0.1) is 10.2 Å². The molecule has 28 heavy (non-hydrogen) atoms. The van der Waals surface area contributed by atoms with Gasteiger partial charge in [-0.05, 0) is 49.2 Å². The van der Waals surface area contributed by atoms with Crippen molar-refractivity contribution in [2.24, 2.45) is 0 Å². The van der Waals surface area contributed by atoms with Crippen molar-refractivity contribution in [3.05, 3.63) is 71.9 Å². The average Bonchev–Trinajstić information content (AvgIpc) is 3.36. The Morgan fingerprint density at radius 2 is 1.71 bits per heavy atom. The summed E-state index contributed by atoms with van der Waals surface area (Å²) < 4.78 is 33.8. The van der Waals surface area contributed by atoms with Gasteiger partial charge in [0.1, 0.15) is 10.6 Å². The van der Waals surface area contributed by atoms with Crippen LogP contribution in [-0.4, -0.2) is 23.6 Å². The molecule has 0 aliphatic rings. The van der Waals surface area contributed by atoms with Crippen molar-refractivity contribution < 1.29 is 12.8 Å². The smallest absolute Gasteiger partial charge is 0.264 e. The first kappa shape index (κ1) is 18.0. The highest BCUT2D eigenvalue weighted by Crippen LogP contribution is 2.26. The SMILES string of the molecule is Cc1cccc(NS(=O)(=O)c2c[nH]c(-c3nnc(-c4ccccc4)o3)c2)c1C. The summed E-state index contributed by atoms with van der Waals surface area (Å²) in [5.41, 5.74) is 3.65. The van der Waals surface area contributed by atoms with Crippen LogP contribution in [0.4, 0.5) is 5.69 Å². The Bertz CT molecular complexity index is 1230. The standard InChI is InChI=1S/C20H18N4O3S/c1-13-7-6-10-17(14(13)2)24-28(25,26)16-11-18(21-12-16)20-23-22-19(27-20)15-8-4-3-5-9-15/h3-12,21,24H,1-2H3. The van der Waals surface area contributed by atoms with Crippen LogP contribution in [0.15, 0.2) is 70.1 Å². The number of nitrogens with zero attached hydrogens (tertiary/aromatic N) is 2. The number of aromatic amines is 1. The van der Waals surface area contributed by atoms with Crippen LogP contribution in [0, 0.1) is 13.8 Å². The van der Waals surface area contributed by atoms with Gasteiger partial charge < -0.3 is 9.40 Å². The number of aromatic nitrogens is 3. The van der Waals surface area contributed by atoms with E-state index in [0.29, 0.717) is 17.3 Å². The van der Waals surface area contributed by atoms with Crippen LogP contribution in [0.25, 0.3) is 23.0 Å². The van der Waals surface area contributed by atoms with Crippen molar-refractivity contribution in [1.82, 2.24) is 15.2 Å². The van der Waals surface area contributed by atoms with Gasteiger partial charge in [0.05, 0.1) is 5.69 Å². The maximum atomic E-state index is 12.7. The van der Waals surface area contributed by atoms with E-state index in [-0.39, 0.29) is 10.8 Å². The van der Waals surface area contributed by atoms with Gasteiger partial charge in [0.25, 0.3) is 15.9 Å². The molecule has 2 heterocycles. The summed E-state index contributed by atoms with van der Waals surface area (Å²) in [6.07, 6.45) is 1.40. The molecule has 7 nitrogen and oxygen atoms in total. The number of aryl methyl sites for hydroxylation is 1. The summed E-state index contributed by atoms with van der Waals surface area (Å²) in [6.45, 7) is 3.81. The fourth-order valence-electron chi connectivity index (χ4n) is 2.75. The number of H-pyrrole nitrogens is 1. The van der Waals surface area contributed by atoms with Gasteiger partial charge >= 0.3 is 0 Å². The highest BCUT2D eigenvalue weighted by molar-refractivity contribution is 7.92. The minimum atomic E-state index is -3.76. The van der Waals surface area contributed by atoms with Gasteiger partial charge in [0.2, 0.25) is 5.89 Å². The molecule has 4 rings (SSSR count). The van der Waals surface area contributed by atoms with Crippen LogP contribution >= 0.6 is 0 Å². The van der Waals surface area contributed by atoms with E-state index in [9.17, 15) is 8.42 Å². The zero-order chi connectivity index (χ0) is 19.7. The van der Waals surface area contributed by atoms with Gasteiger partial charge in [0, 0.05) is 11.8 Å². The third-order valence-electron chi connectivity index (χ3n) is 4.49. The molecule has 4 aromatic rings. The molecule has 0 atom stereocenters. The van der Waals surface area contributed by atoms with Crippen molar-refractivity contribution in [1.29, 1.82) is 0 Å². The van der Waals surface area contributed by atoms with E-state index in [1.165, 1.54) is 12.3 Å². The predicted octanol–water partition coefficient (Wildman–Crippen LogP) is 4.15. The van der Waals surface area contributed by atoms with Crippen molar-refractivity contribution >= 4 is 15.7 Å². The first-order valence-electron chi connectivity index (χ1n) is 8.61. The molecular formula is C20H18N4O3S. The van der Waals surface area contributed by atoms with Crippen LogP contribution in [0.2, 0.25) is 0 Å². The molecule has 0 bridgehead atoms. The van der Waals surface area contributed by atoms with Gasteiger partial charge in [-0.25, -0.2) is 8.42 Å². The zero-order valence-electron chi connectivity index (χ0n) is 15.3. The highest BCUT2D eigenvalue weighted by atomic mass is 32.2. The number of hydrogen-bond donors (Lipinski definition) is 2. The molecule has 2 N–H and O–H groups in total. The van der Waals surface area contributed by atoms with E-state index in [1.807, 2.05) is 56.3 Å². The molecule has 0 fully saturated rings. The van der Waals surface area contributed by atoms with Crippen LogP contribution in [0.1, 0.15) is 11.1 Å². The summed E-state index contributed by atoms with van der Waals surface area (Å²) in [7, 11) is -3.76. The first-order valence-corrected chi connectivity index (χ1v) is 10.1. The Morgan fingerprint density at radius 3 is 2.50 bits per heavy atom. The molecule has 0 amide bonds. The van der Waals surface area contributed by atoms with E-state index in [4.69, 9.17) is 4.42 Å². The lowest BCUT2D eigenvalue weighted by Gasteiger charge is -2.11. The molecule has 0 saturated heterocycles. The van der Waals surface area contributed by atoms with Crippen molar-refractivity contribution in [2.45, 2.75) is 18.7 Å². The van der Waals surface area contributed by atoms with E-state index in [1.54, 1.807) is 6.07 Å². The number of nitrogens with one attached hydrogen (secondary N) is 2. The minimum Gasteiger partial charge on any atom is -0.415 e. The van der Waals surface area contributed by atoms with Gasteiger partial charge in [-0.3, -0.25) is 4.72 Å². The molecule has 2 aromatic heterocycles. The Kier molecular flexibility index (Phi) is 4.48. The van der Waals surface area contributed by atoms with E-state index in [0.717, 1.165) is 16.7 Å². The molecule has 0 radical (unpaired) electrons. The topological polar surface area (TPSA) is 101 Å². The first-order chi connectivity index (χ1) is 13.4. The summed E-state index contributed by atoms with van der Waals surface area (Å²) in [4.78, 5) is 2.98. The van der Waals surface area contributed by atoms with Gasteiger partial charge in [-0.2, -0.15) is 0 Å². The zero-order valence-corrected chi connectivity index (χ0v) is 16.1. The third kappa shape index (κ3) is 3.41. The number of anilines is 1. The highest BCUT2D eigenvalue weighted by Gasteiger charge is 2.20. The summed E-state index contributed by atoms with van der Waals surface area (Å²) in [5.74, 6) is 0.579. The fourth-order valence-corrected chi connectivity index (χ4v) is 3.86. The lowest BCUT2D eigenvalue weighted by Crippen LogP contribution is -2.13. The second kappa shape index (κ2) is 6.97. The monoisotopic (exact) mass is 394 g/mol. The lowest BCUT2D eigenvalue weighted by atomic mass is 10.1. The predicted molar refractivity (Wildman–Crippen MR) is 106 cm³/mol. The fraction of sp³-hybridized carbons (Fsp3) is 0.100. The Balaban J connectivity index is 1.60. The molecule has 0 aliphatic heterocycles. The number of sulfonamides is 1. The number of hydrogen-bond acceptors (Lipinski definition) is 5. The van der Waals surface area contributed by atoms with E-state index >= 15 is 0 Å². The van der Waals surface area contributed by atoms with Crippen LogP contribution in [0.5, 0.6) is 0 Å². The molecule has 0 unspecified atom stereocenters. The molecule has 2 aromatic carbocycles. The van der Waals surface area contributed by atoms with Crippen molar-refractivity contribution in [3.63, 3.8) is 0 Å². The van der Waals surface area contributed by atoms with Crippen molar-refractivity contribution in [3.8, 4) is 23.0 Å². The van der Waals surface area contributed by atoms with Crippen LogP contribution in [0.3, 0.4) is 0 Å². The van der Waals surface area contributed by atoms with E-state index < -0.39 is 10.0 Å². The van der Waals surface area contributed by atoms with Gasteiger partial charge in [-0.1, -0.05) is 30.3 Å². The lowest BCUT2D eigenvalue weighted by molar-refractivity contribution is 0.582. The summed E-state index contributed by atoms with van der Waals surface area (Å²) in [5, 5.41) is 8.03. The summed E-state index contributed by atoms with van der Waals surface area (Å²) in [6, 6.07) is 16.3. The van der Waals surface area contributed by atoms with Crippen LogP contribution in [-0.2, 0) is 10.0 Å². The normalized spacial score (nSPS) is 11.5. The van der Waals surface area contributed by atoms with E-state index in [2.05, 4.69) is 19.9 Å². The Hall–Kier alpha value is -3.39.